The van der Waals surface area contributed by atoms with Crippen molar-refractivity contribution in [1.82, 2.24) is 5.32 Å². The van der Waals surface area contributed by atoms with Gasteiger partial charge in [0.15, 0.2) is 0 Å². The lowest BCUT2D eigenvalue weighted by molar-refractivity contribution is -0.126. The van der Waals surface area contributed by atoms with Gasteiger partial charge in [-0.1, -0.05) is 60.7 Å². The predicted octanol–water partition coefficient (Wildman–Crippen LogP) is 3.41. The van der Waals surface area contributed by atoms with E-state index in [9.17, 15) is 9.90 Å². The second kappa shape index (κ2) is 7.18. The monoisotopic (exact) mass is 323 g/mol. The van der Waals surface area contributed by atoms with Gasteiger partial charge in [-0.05, 0) is 43.7 Å². The highest BCUT2D eigenvalue weighted by Gasteiger charge is 2.38. The molecule has 0 atom stereocenters. The minimum Gasteiger partial charge on any atom is -0.393 e. The van der Waals surface area contributed by atoms with E-state index in [1.165, 1.54) is 0 Å². The highest BCUT2D eigenvalue weighted by Crippen LogP contribution is 2.33. The summed E-state index contributed by atoms with van der Waals surface area (Å²) in [5.74, 6) is 0.0290. The van der Waals surface area contributed by atoms with E-state index in [1.807, 2.05) is 67.6 Å². The standard InChI is InChI=1S/C21H25NO2/c1-21(16-8-4-2-5-9-16,17-10-6-3-7-11-17)20(24)22-18-12-14-19(23)15-13-18/h2-11,18-19,23H,12-15H2,1H3,(H,22,24). The number of aliphatic hydroxyl groups is 1. The highest BCUT2D eigenvalue weighted by atomic mass is 16.3. The van der Waals surface area contributed by atoms with E-state index in [0.717, 1.165) is 36.8 Å². The molecule has 3 nitrogen and oxygen atoms in total. The van der Waals surface area contributed by atoms with Crippen LogP contribution < -0.4 is 5.32 Å². The van der Waals surface area contributed by atoms with E-state index in [1.54, 1.807) is 0 Å². The molecule has 2 aromatic rings. The van der Waals surface area contributed by atoms with Gasteiger partial charge in [0.25, 0.3) is 0 Å². The van der Waals surface area contributed by atoms with Crippen molar-refractivity contribution in [2.45, 2.75) is 50.2 Å². The maximum atomic E-state index is 13.2. The van der Waals surface area contributed by atoms with E-state index >= 15 is 0 Å². The van der Waals surface area contributed by atoms with Gasteiger partial charge in [0.1, 0.15) is 0 Å². The molecule has 0 unspecified atom stereocenters. The molecule has 0 bridgehead atoms. The molecule has 0 heterocycles. The summed E-state index contributed by atoms with van der Waals surface area (Å²) in [7, 11) is 0. The van der Waals surface area contributed by atoms with Crippen molar-refractivity contribution in [3.8, 4) is 0 Å². The number of amides is 1. The summed E-state index contributed by atoms with van der Waals surface area (Å²) in [5, 5.41) is 12.9. The third-order valence-electron chi connectivity index (χ3n) is 5.19. The Hall–Kier alpha value is -2.13. The molecule has 0 saturated heterocycles. The first-order valence-electron chi connectivity index (χ1n) is 8.71. The fraction of sp³-hybridized carbons (Fsp3) is 0.381. The highest BCUT2D eigenvalue weighted by molar-refractivity contribution is 5.91. The molecule has 1 saturated carbocycles. The lowest BCUT2D eigenvalue weighted by Gasteiger charge is -2.33. The maximum absolute atomic E-state index is 13.2. The Balaban J connectivity index is 1.89. The smallest absolute Gasteiger partial charge is 0.235 e. The van der Waals surface area contributed by atoms with Crippen LogP contribution in [0.25, 0.3) is 0 Å². The number of nitrogens with one attached hydrogen (secondary N) is 1. The van der Waals surface area contributed by atoms with Crippen LogP contribution in [-0.2, 0) is 10.2 Å². The van der Waals surface area contributed by atoms with Gasteiger partial charge in [-0.2, -0.15) is 0 Å². The van der Waals surface area contributed by atoms with Gasteiger partial charge >= 0.3 is 0 Å². The van der Waals surface area contributed by atoms with E-state index in [-0.39, 0.29) is 18.1 Å². The minimum absolute atomic E-state index is 0.0290. The zero-order valence-corrected chi connectivity index (χ0v) is 14.1. The Bertz CT molecular complexity index is 621. The van der Waals surface area contributed by atoms with Crippen LogP contribution in [0.3, 0.4) is 0 Å². The van der Waals surface area contributed by atoms with Crippen LogP contribution in [0.2, 0.25) is 0 Å². The molecule has 0 aliphatic heterocycles. The van der Waals surface area contributed by atoms with Crippen molar-refractivity contribution >= 4 is 5.91 Å². The van der Waals surface area contributed by atoms with Crippen LogP contribution in [0.5, 0.6) is 0 Å². The summed E-state index contributed by atoms with van der Waals surface area (Å²) in [4.78, 5) is 13.2. The van der Waals surface area contributed by atoms with E-state index < -0.39 is 5.41 Å². The molecule has 1 aliphatic carbocycles. The number of hydrogen-bond acceptors (Lipinski definition) is 2. The summed E-state index contributed by atoms with van der Waals surface area (Å²) in [6, 6.07) is 20.0. The zero-order chi connectivity index (χ0) is 17.0. The predicted molar refractivity (Wildman–Crippen MR) is 95.7 cm³/mol. The molecule has 126 valence electrons. The van der Waals surface area contributed by atoms with E-state index in [4.69, 9.17) is 0 Å². The van der Waals surface area contributed by atoms with Gasteiger partial charge in [0.05, 0.1) is 11.5 Å². The second-order valence-corrected chi connectivity index (χ2v) is 6.84. The lowest BCUT2D eigenvalue weighted by Crippen LogP contribution is -2.48. The number of hydrogen-bond donors (Lipinski definition) is 2. The van der Waals surface area contributed by atoms with Gasteiger partial charge in [-0.3, -0.25) is 4.79 Å². The van der Waals surface area contributed by atoms with Crippen molar-refractivity contribution in [3.63, 3.8) is 0 Å². The molecule has 0 aromatic heterocycles. The average molecular weight is 323 g/mol. The molecule has 0 radical (unpaired) electrons. The van der Waals surface area contributed by atoms with Gasteiger partial charge in [-0.25, -0.2) is 0 Å². The Morgan fingerprint density at radius 3 is 1.83 bits per heavy atom. The Morgan fingerprint density at radius 2 is 1.38 bits per heavy atom. The average Bonchev–Trinajstić information content (AvgIpc) is 2.64. The van der Waals surface area contributed by atoms with Crippen molar-refractivity contribution < 1.29 is 9.90 Å². The molecule has 1 fully saturated rings. The third-order valence-corrected chi connectivity index (χ3v) is 5.19. The van der Waals surface area contributed by atoms with Gasteiger partial charge < -0.3 is 10.4 Å². The van der Waals surface area contributed by atoms with E-state index in [2.05, 4.69) is 5.32 Å². The Morgan fingerprint density at radius 1 is 0.917 bits per heavy atom. The minimum atomic E-state index is -0.724. The molecule has 3 heteroatoms. The number of carbonyl (C=O) groups excluding carboxylic acids is 1. The van der Waals surface area contributed by atoms with Gasteiger partial charge in [0, 0.05) is 6.04 Å². The SMILES string of the molecule is CC(C(=O)NC1CCC(O)CC1)(c1ccccc1)c1ccccc1. The number of rotatable bonds is 4. The summed E-state index contributed by atoms with van der Waals surface area (Å²) in [6.07, 6.45) is 2.99. The molecule has 3 rings (SSSR count). The third kappa shape index (κ3) is 3.36. The molecule has 1 aliphatic rings. The van der Waals surface area contributed by atoms with Crippen molar-refractivity contribution in [3.05, 3.63) is 71.8 Å². The maximum Gasteiger partial charge on any atom is 0.235 e. The number of carbonyl (C=O) groups is 1. The van der Waals surface area contributed by atoms with Gasteiger partial charge in [-0.15, -0.1) is 0 Å². The quantitative estimate of drug-likeness (QED) is 0.906. The summed E-state index contributed by atoms with van der Waals surface area (Å²) >= 11 is 0. The van der Waals surface area contributed by atoms with Crippen LogP contribution in [0, 0.1) is 0 Å². The van der Waals surface area contributed by atoms with Crippen molar-refractivity contribution in [2.24, 2.45) is 0 Å². The van der Waals surface area contributed by atoms with Crippen LogP contribution >= 0.6 is 0 Å². The first kappa shape index (κ1) is 16.7. The van der Waals surface area contributed by atoms with Crippen LogP contribution in [-0.4, -0.2) is 23.2 Å². The molecule has 0 spiro atoms. The topological polar surface area (TPSA) is 49.3 Å². The van der Waals surface area contributed by atoms with Crippen LogP contribution in [0.15, 0.2) is 60.7 Å². The molecular weight excluding hydrogens is 298 g/mol. The summed E-state index contributed by atoms with van der Waals surface area (Å²) in [6.45, 7) is 1.99. The Kier molecular flexibility index (Phi) is 5.00. The van der Waals surface area contributed by atoms with Gasteiger partial charge in [0.2, 0.25) is 5.91 Å². The normalized spacial score (nSPS) is 21.2. The van der Waals surface area contributed by atoms with Crippen LogP contribution in [0.1, 0.15) is 43.7 Å². The molecule has 1 amide bonds. The molecular formula is C21H25NO2. The molecule has 2 N–H and O–H groups in total. The molecule has 24 heavy (non-hydrogen) atoms. The van der Waals surface area contributed by atoms with E-state index in [0.29, 0.717) is 0 Å². The van der Waals surface area contributed by atoms with Crippen LogP contribution in [0.4, 0.5) is 0 Å². The largest absolute Gasteiger partial charge is 0.393 e. The zero-order valence-electron chi connectivity index (χ0n) is 14.1. The summed E-state index contributed by atoms with van der Waals surface area (Å²) in [5.41, 5.74) is 1.26. The second-order valence-electron chi connectivity index (χ2n) is 6.84. The number of benzene rings is 2. The lowest BCUT2D eigenvalue weighted by atomic mass is 9.75. The first-order valence-corrected chi connectivity index (χ1v) is 8.71. The molecule has 2 aromatic carbocycles. The summed E-state index contributed by atoms with van der Waals surface area (Å²) < 4.78 is 0. The number of aliphatic hydroxyl groups excluding tert-OH is 1. The Labute approximate surface area is 143 Å². The fourth-order valence-corrected chi connectivity index (χ4v) is 3.52. The fourth-order valence-electron chi connectivity index (χ4n) is 3.52. The van der Waals surface area contributed by atoms with Crippen molar-refractivity contribution in [2.75, 3.05) is 0 Å². The van der Waals surface area contributed by atoms with Crippen molar-refractivity contribution in [1.29, 1.82) is 0 Å². The first-order chi connectivity index (χ1) is 11.6.